The summed E-state index contributed by atoms with van der Waals surface area (Å²) in [5, 5.41) is 32.4. The molecular formula is C22H19F2N5OS. The Morgan fingerprint density at radius 3 is 2.74 bits per heavy atom. The first-order valence-corrected chi connectivity index (χ1v) is 10.1. The topological polar surface area (TPSA) is 105 Å². The standard InChI is InChI=1S/C22H19F2N5OS/c1-14(21-29-20(10-31-21)16-4-2-15(9-25)3-5-16)22(30,11-27-13-28-12-26)18-8-17(23)6-7-19(18)24/h2-8,10,12-14,30H,11H2,1H3,(H2,26,27,28)/t14-,22?/m0/s1. The summed E-state index contributed by atoms with van der Waals surface area (Å²) in [7, 11) is 0. The highest BCUT2D eigenvalue weighted by molar-refractivity contribution is 7.10. The van der Waals surface area contributed by atoms with Crippen molar-refractivity contribution in [3.8, 4) is 17.3 Å². The number of benzene rings is 2. The molecule has 0 spiro atoms. The van der Waals surface area contributed by atoms with Gasteiger partial charge in [-0.15, -0.1) is 11.3 Å². The second-order valence-electron chi connectivity index (χ2n) is 6.82. The molecule has 9 heteroatoms. The van der Waals surface area contributed by atoms with Gasteiger partial charge in [-0.05, 0) is 30.3 Å². The zero-order valence-electron chi connectivity index (χ0n) is 16.5. The van der Waals surface area contributed by atoms with Crippen molar-refractivity contribution in [2.75, 3.05) is 6.54 Å². The number of hydrogen-bond donors (Lipinski definition) is 3. The Morgan fingerprint density at radius 2 is 2.06 bits per heavy atom. The average molecular weight is 439 g/mol. The van der Waals surface area contributed by atoms with E-state index < -0.39 is 23.2 Å². The molecule has 0 aliphatic carbocycles. The quantitative estimate of drug-likeness (QED) is 0.362. The lowest BCUT2D eigenvalue weighted by atomic mass is 9.82. The van der Waals surface area contributed by atoms with E-state index in [0.29, 0.717) is 16.3 Å². The Hall–Kier alpha value is -3.48. The van der Waals surface area contributed by atoms with Crippen LogP contribution in [-0.4, -0.2) is 29.3 Å². The molecule has 0 amide bonds. The molecule has 0 fully saturated rings. The molecule has 6 nitrogen and oxygen atoms in total. The van der Waals surface area contributed by atoms with E-state index in [1.165, 1.54) is 17.7 Å². The summed E-state index contributed by atoms with van der Waals surface area (Å²) >= 11 is 1.29. The Bertz CT molecular complexity index is 1140. The fourth-order valence-electron chi connectivity index (χ4n) is 3.14. The molecule has 0 aliphatic heterocycles. The van der Waals surface area contributed by atoms with Crippen LogP contribution in [0.3, 0.4) is 0 Å². The van der Waals surface area contributed by atoms with E-state index in [1.54, 1.807) is 36.6 Å². The lowest BCUT2D eigenvalue weighted by molar-refractivity contribution is 0.0139. The highest BCUT2D eigenvalue weighted by Gasteiger charge is 2.40. The molecule has 0 saturated heterocycles. The fourth-order valence-corrected chi connectivity index (χ4v) is 4.11. The van der Waals surface area contributed by atoms with Crippen LogP contribution in [0.5, 0.6) is 0 Å². The lowest BCUT2D eigenvalue weighted by Crippen LogP contribution is -2.43. The molecule has 31 heavy (non-hydrogen) atoms. The lowest BCUT2D eigenvalue weighted by Gasteiger charge is -2.34. The number of aromatic nitrogens is 1. The Balaban J connectivity index is 1.98. The predicted octanol–water partition coefficient (Wildman–Crippen LogP) is 4.18. The average Bonchev–Trinajstić information content (AvgIpc) is 3.28. The summed E-state index contributed by atoms with van der Waals surface area (Å²) in [5.74, 6) is -2.13. The summed E-state index contributed by atoms with van der Waals surface area (Å²) in [6, 6.07) is 11.9. The number of aliphatic hydroxyl groups is 1. The van der Waals surface area contributed by atoms with E-state index in [1.807, 2.05) is 0 Å². The van der Waals surface area contributed by atoms with Crippen LogP contribution in [0.1, 0.15) is 29.0 Å². The van der Waals surface area contributed by atoms with Gasteiger partial charge in [-0.1, -0.05) is 19.1 Å². The molecule has 3 rings (SSSR count). The third-order valence-corrected chi connectivity index (χ3v) is 5.95. The second-order valence-corrected chi connectivity index (χ2v) is 7.71. The van der Waals surface area contributed by atoms with Gasteiger partial charge in [0, 0.05) is 29.0 Å². The molecule has 1 aromatic heterocycles. The third-order valence-electron chi connectivity index (χ3n) is 4.93. The number of nitriles is 1. The molecule has 0 bridgehead atoms. The molecule has 3 aromatic rings. The van der Waals surface area contributed by atoms with Crippen LogP contribution in [0.4, 0.5) is 8.78 Å². The predicted molar refractivity (Wildman–Crippen MR) is 116 cm³/mol. The Morgan fingerprint density at radius 1 is 1.32 bits per heavy atom. The van der Waals surface area contributed by atoms with E-state index in [9.17, 15) is 13.9 Å². The molecular weight excluding hydrogens is 420 g/mol. The number of halogens is 2. The maximum absolute atomic E-state index is 14.6. The highest BCUT2D eigenvalue weighted by Crippen LogP contribution is 2.40. The van der Waals surface area contributed by atoms with Gasteiger partial charge in [-0.3, -0.25) is 5.41 Å². The molecule has 158 valence electrons. The van der Waals surface area contributed by atoms with Crippen molar-refractivity contribution in [1.29, 1.82) is 10.7 Å². The summed E-state index contributed by atoms with van der Waals surface area (Å²) in [6.07, 6.45) is 2.01. The molecule has 0 saturated carbocycles. The number of nitrogens with one attached hydrogen (secondary N) is 2. The van der Waals surface area contributed by atoms with Gasteiger partial charge in [-0.2, -0.15) is 5.26 Å². The molecule has 1 unspecified atom stereocenters. The van der Waals surface area contributed by atoms with Crippen molar-refractivity contribution < 1.29 is 13.9 Å². The van der Waals surface area contributed by atoms with Gasteiger partial charge in [0.1, 0.15) is 23.6 Å². The van der Waals surface area contributed by atoms with Crippen LogP contribution in [0.2, 0.25) is 0 Å². The van der Waals surface area contributed by atoms with Crippen molar-refractivity contribution in [1.82, 2.24) is 10.3 Å². The minimum atomic E-state index is -1.85. The number of rotatable bonds is 8. The van der Waals surface area contributed by atoms with Gasteiger partial charge < -0.3 is 10.4 Å². The van der Waals surface area contributed by atoms with Crippen molar-refractivity contribution in [3.63, 3.8) is 0 Å². The fraction of sp³-hybridized carbons (Fsp3) is 0.182. The van der Waals surface area contributed by atoms with Crippen LogP contribution in [0, 0.1) is 28.4 Å². The monoisotopic (exact) mass is 439 g/mol. The molecule has 2 atom stereocenters. The Kier molecular flexibility index (Phi) is 6.84. The Labute approximate surface area is 182 Å². The van der Waals surface area contributed by atoms with E-state index >= 15 is 0 Å². The minimum Gasteiger partial charge on any atom is -0.382 e. The molecule has 3 N–H and O–H groups in total. The van der Waals surface area contributed by atoms with Gasteiger partial charge in [0.25, 0.3) is 0 Å². The summed E-state index contributed by atoms with van der Waals surface area (Å²) in [5.41, 5.74) is -0.0748. The van der Waals surface area contributed by atoms with Gasteiger partial charge in [0.2, 0.25) is 0 Å². The van der Waals surface area contributed by atoms with Crippen molar-refractivity contribution in [3.05, 3.63) is 75.6 Å². The molecule has 2 aromatic carbocycles. The third kappa shape index (κ3) is 4.82. The second kappa shape index (κ2) is 9.55. The van der Waals surface area contributed by atoms with Gasteiger partial charge in [0.15, 0.2) is 0 Å². The van der Waals surface area contributed by atoms with Crippen LogP contribution in [0.15, 0.2) is 52.8 Å². The first-order valence-electron chi connectivity index (χ1n) is 9.27. The number of thiazole rings is 1. The van der Waals surface area contributed by atoms with Crippen molar-refractivity contribution in [2.24, 2.45) is 4.99 Å². The maximum Gasteiger partial charge on any atom is 0.129 e. The highest BCUT2D eigenvalue weighted by atomic mass is 32.1. The molecule has 1 heterocycles. The zero-order valence-corrected chi connectivity index (χ0v) is 17.3. The van der Waals surface area contributed by atoms with Crippen LogP contribution in [0.25, 0.3) is 11.3 Å². The minimum absolute atomic E-state index is 0.183. The van der Waals surface area contributed by atoms with Crippen LogP contribution < -0.4 is 5.32 Å². The van der Waals surface area contributed by atoms with E-state index in [2.05, 4.69) is 21.4 Å². The van der Waals surface area contributed by atoms with Gasteiger partial charge in [0.05, 0.1) is 28.7 Å². The van der Waals surface area contributed by atoms with E-state index in [0.717, 1.165) is 30.1 Å². The number of nitrogens with zero attached hydrogens (tertiary/aromatic N) is 3. The van der Waals surface area contributed by atoms with Crippen molar-refractivity contribution in [2.45, 2.75) is 18.4 Å². The normalized spacial score (nSPS) is 14.0. The maximum atomic E-state index is 14.6. The largest absolute Gasteiger partial charge is 0.382 e. The summed E-state index contributed by atoms with van der Waals surface area (Å²) < 4.78 is 28.5. The number of hydrogen-bond acceptors (Lipinski definition) is 5. The van der Waals surface area contributed by atoms with E-state index in [4.69, 9.17) is 10.7 Å². The SMILES string of the molecule is C[C@@H](c1nc(-c2ccc(C#N)cc2)cs1)C(O)(CN/C=N\C=N)c1cc(F)ccc1F. The first kappa shape index (κ1) is 22.2. The van der Waals surface area contributed by atoms with Crippen molar-refractivity contribution >= 4 is 24.0 Å². The summed E-state index contributed by atoms with van der Waals surface area (Å²) in [4.78, 5) is 8.18. The molecule has 0 aliphatic rings. The van der Waals surface area contributed by atoms with E-state index in [-0.39, 0.29) is 12.1 Å². The van der Waals surface area contributed by atoms with Crippen LogP contribution in [-0.2, 0) is 5.60 Å². The zero-order chi connectivity index (χ0) is 22.4. The molecule has 0 radical (unpaired) electrons. The first-order chi connectivity index (χ1) is 14.9. The number of aliphatic imine (C=N–C) groups is 1. The summed E-state index contributed by atoms with van der Waals surface area (Å²) in [6.45, 7) is 1.50. The van der Waals surface area contributed by atoms with Gasteiger partial charge >= 0.3 is 0 Å². The van der Waals surface area contributed by atoms with Crippen LogP contribution >= 0.6 is 11.3 Å². The smallest absolute Gasteiger partial charge is 0.129 e. The van der Waals surface area contributed by atoms with Gasteiger partial charge in [-0.25, -0.2) is 18.8 Å².